The van der Waals surface area contributed by atoms with E-state index in [1.54, 1.807) is 6.20 Å². The standard InChI is InChI=1S/C17H22N2O/c1-2-12-6-3-4-8-15(12)20-16-10-9-14-13(17(16)18)7-5-11-19-14/h5,7,9-12,15H,2-4,6,8,18H2,1H3. The van der Waals surface area contributed by atoms with Gasteiger partial charge in [-0.1, -0.05) is 13.3 Å². The second kappa shape index (κ2) is 5.70. The molecule has 2 unspecified atom stereocenters. The molecular formula is C17H22N2O. The van der Waals surface area contributed by atoms with Crippen LogP contribution in [0.25, 0.3) is 10.9 Å². The van der Waals surface area contributed by atoms with Gasteiger partial charge in [-0.05, 0) is 55.9 Å². The van der Waals surface area contributed by atoms with Crippen LogP contribution in [0.3, 0.4) is 0 Å². The van der Waals surface area contributed by atoms with Gasteiger partial charge in [0.2, 0.25) is 0 Å². The van der Waals surface area contributed by atoms with E-state index in [2.05, 4.69) is 11.9 Å². The molecule has 1 saturated carbocycles. The van der Waals surface area contributed by atoms with Crippen molar-refractivity contribution in [2.45, 2.75) is 45.1 Å². The molecule has 0 radical (unpaired) electrons. The SMILES string of the molecule is CCC1CCCCC1Oc1ccc2ncccc2c1N. The third-order valence-corrected chi connectivity index (χ3v) is 4.43. The Kier molecular flexibility index (Phi) is 3.77. The van der Waals surface area contributed by atoms with E-state index in [4.69, 9.17) is 10.5 Å². The van der Waals surface area contributed by atoms with Crippen molar-refractivity contribution < 1.29 is 4.74 Å². The van der Waals surface area contributed by atoms with Crippen LogP contribution in [0.1, 0.15) is 39.0 Å². The third-order valence-electron chi connectivity index (χ3n) is 4.43. The highest BCUT2D eigenvalue weighted by Crippen LogP contribution is 2.35. The van der Waals surface area contributed by atoms with E-state index in [1.165, 1.54) is 25.7 Å². The molecule has 0 saturated heterocycles. The number of hydrogen-bond donors (Lipinski definition) is 1. The Morgan fingerprint density at radius 3 is 2.95 bits per heavy atom. The summed E-state index contributed by atoms with van der Waals surface area (Å²) in [6, 6.07) is 7.87. The molecule has 20 heavy (non-hydrogen) atoms. The van der Waals surface area contributed by atoms with Crippen molar-refractivity contribution in [1.29, 1.82) is 0 Å². The number of pyridine rings is 1. The van der Waals surface area contributed by atoms with E-state index >= 15 is 0 Å². The van der Waals surface area contributed by atoms with Gasteiger partial charge >= 0.3 is 0 Å². The minimum absolute atomic E-state index is 0.310. The molecule has 1 aromatic carbocycles. The Morgan fingerprint density at radius 1 is 1.25 bits per heavy atom. The van der Waals surface area contributed by atoms with Crippen LogP contribution in [0.2, 0.25) is 0 Å². The van der Waals surface area contributed by atoms with Gasteiger partial charge in [0.15, 0.2) is 0 Å². The molecule has 106 valence electrons. The predicted octanol–water partition coefficient (Wildman–Crippen LogP) is 4.16. The van der Waals surface area contributed by atoms with Crippen molar-refractivity contribution in [2.24, 2.45) is 5.92 Å². The molecule has 0 spiro atoms. The molecular weight excluding hydrogens is 248 g/mol. The molecule has 0 aliphatic heterocycles. The number of hydrogen-bond acceptors (Lipinski definition) is 3. The Hall–Kier alpha value is -1.77. The van der Waals surface area contributed by atoms with Crippen molar-refractivity contribution in [1.82, 2.24) is 4.98 Å². The van der Waals surface area contributed by atoms with E-state index in [0.717, 1.165) is 28.8 Å². The van der Waals surface area contributed by atoms with E-state index in [1.807, 2.05) is 24.3 Å². The van der Waals surface area contributed by atoms with Crippen LogP contribution in [0, 0.1) is 5.92 Å². The fraction of sp³-hybridized carbons (Fsp3) is 0.471. The van der Waals surface area contributed by atoms with Crippen LogP contribution in [-0.4, -0.2) is 11.1 Å². The fourth-order valence-electron chi connectivity index (χ4n) is 3.22. The van der Waals surface area contributed by atoms with Gasteiger partial charge in [0.25, 0.3) is 0 Å². The molecule has 0 amide bonds. The van der Waals surface area contributed by atoms with E-state index < -0.39 is 0 Å². The summed E-state index contributed by atoms with van der Waals surface area (Å²) in [5.41, 5.74) is 7.90. The lowest BCUT2D eigenvalue weighted by atomic mass is 9.85. The van der Waals surface area contributed by atoms with E-state index in [9.17, 15) is 0 Å². The van der Waals surface area contributed by atoms with Crippen LogP contribution < -0.4 is 10.5 Å². The number of anilines is 1. The first-order chi connectivity index (χ1) is 9.79. The molecule has 3 nitrogen and oxygen atoms in total. The molecule has 0 bridgehead atoms. The first-order valence-electron chi connectivity index (χ1n) is 7.59. The molecule has 1 aliphatic rings. The Bertz CT molecular complexity index is 597. The van der Waals surface area contributed by atoms with Crippen molar-refractivity contribution >= 4 is 16.6 Å². The first kappa shape index (κ1) is 13.2. The zero-order chi connectivity index (χ0) is 13.9. The molecule has 3 heteroatoms. The molecule has 1 aromatic heterocycles. The highest BCUT2D eigenvalue weighted by atomic mass is 16.5. The summed E-state index contributed by atoms with van der Waals surface area (Å²) in [7, 11) is 0. The lowest BCUT2D eigenvalue weighted by molar-refractivity contribution is 0.0912. The monoisotopic (exact) mass is 270 g/mol. The highest BCUT2D eigenvalue weighted by Gasteiger charge is 2.26. The van der Waals surface area contributed by atoms with Gasteiger partial charge in [-0.2, -0.15) is 0 Å². The third kappa shape index (κ3) is 2.45. The molecule has 2 N–H and O–H groups in total. The molecule has 1 heterocycles. The maximum absolute atomic E-state index is 6.26. The molecule has 2 aromatic rings. The van der Waals surface area contributed by atoms with Crippen molar-refractivity contribution in [3.8, 4) is 5.75 Å². The van der Waals surface area contributed by atoms with Gasteiger partial charge in [-0.15, -0.1) is 0 Å². The largest absolute Gasteiger partial charge is 0.488 e. The lowest BCUT2D eigenvalue weighted by Gasteiger charge is -2.31. The normalized spacial score (nSPS) is 22.9. The van der Waals surface area contributed by atoms with Crippen molar-refractivity contribution in [3.63, 3.8) is 0 Å². The van der Waals surface area contributed by atoms with Crippen LogP contribution in [0.15, 0.2) is 30.5 Å². The zero-order valence-electron chi connectivity index (χ0n) is 12.0. The topological polar surface area (TPSA) is 48.1 Å². The zero-order valence-corrected chi connectivity index (χ0v) is 12.0. The summed E-state index contributed by atoms with van der Waals surface area (Å²) < 4.78 is 6.24. The highest BCUT2D eigenvalue weighted by molar-refractivity contribution is 5.93. The fourth-order valence-corrected chi connectivity index (χ4v) is 3.22. The second-order valence-corrected chi connectivity index (χ2v) is 5.66. The van der Waals surface area contributed by atoms with Crippen molar-refractivity contribution in [2.75, 3.05) is 5.73 Å². The van der Waals surface area contributed by atoms with Crippen LogP contribution in [0.5, 0.6) is 5.75 Å². The van der Waals surface area contributed by atoms with Crippen LogP contribution in [0.4, 0.5) is 5.69 Å². The Labute approximate surface area is 120 Å². The van der Waals surface area contributed by atoms with E-state index in [-0.39, 0.29) is 0 Å². The first-order valence-corrected chi connectivity index (χ1v) is 7.59. The number of nitrogens with zero attached hydrogens (tertiary/aromatic N) is 1. The Balaban J connectivity index is 1.88. The minimum Gasteiger partial charge on any atom is -0.488 e. The summed E-state index contributed by atoms with van der Waals surface area (Å²) >= 11 is 0. The molecule has 2 atom stereocenters. The maximum atomic E-state index is 6.26. The van der Waals surface area contributed by atoms with Gasteiger partial charge in [0.05, 0.1) is 11.2 Å². The summed E-state index contributed by atoms with van der Waals surface area (Å²) in [6.45, 7) is 2.25. The van der Waals surface area contributed by atoms with Gasteiger partial charge < -0.3 is 10.5 Å². The number of ether oxygens (including phenoxy) is 1. The maximum Gasteiger partial charge on any atom is 0.143 e. The molecule has 1 fully saturated rings. The van der Waals surface area contributed by atoms with Crippen LogP contribution in [-0.2, 0) is 0 Å². The number of nitrogens with two attached hydrogens (primary N) is 1. The average Bonchev–Trinajstić information content (AvgIpc) is 2.51. The lowest BCUT2D eigenvalue weighted by Crippen LogP contribution is -2.30. The summed E-state index contributed by atoms with van der Waals surface area (Å²) in [5, 5.41) is 0.980. The Morgan fingerprint density at radius 2 is 2.10 bits per heavy atom. The van der Waals surface area contributed by atoms with Gasteiger partial charge in [0, 0.05) is 11.6 Å². The molecule has 3 rings (SSSR count). The summed E-state index contributed by atoms with van der Waals surface area (Å²) in [5.74, 6) is 1.48. The van der Waals surface area contributed by atoms with Gasteiger partial charge in [-0.3, -0.25) is 4.98 Å². The number of nitrogen functional groups attached to an aromatic ring is 1. The minimum atomic E-state index is 0.310. The number of aromatic nitrogens is 1. The predicted molar refractivity (Wildman–Crippen MR) is 82.8 cm³/mol. The smallest absolute Gasteiger partial charge is 0.143 e. The number of fused-ring (bicyclic) bond motifs is 1. The summed E-state index contributed by atoms with van der Waals surface area (Å²) in [4.78, 5) is 4.33. The average molecular weight is 270 g/mol. The summed E-state index contributed by atoms with van der Waals surface area (Å²) in [6.07, 6.45) is 8.28. The molecule has 1 aliphatic carbocycles. The number of rotatable bonds is 3. The van der Waals surface area contributed by atoms with Gasteiger partial charge in [0.1, 0.15) is 11.9 Å². The van der Waals surface area contributed by atoms with Gasteiger partial charge in [-0.25, -0.2) is 0 Å². The quantitative estimate of drug-likeness (QED) is 0.852. The van der Waals surface area contributed by atoms with E-state index in [0.29, 0.717) is 12.0 Å². The number of benzene rings is 1. The second-order valence-electron chi connectivity index (χ2n) is 5.66. The van der Waals surface area contributed by atoms with Crippen molar-refractivity contribution in [3.05, 3.63) is 30.5 Å². The van der Waals surface area contributed by atoms with Crippen LogP contribution >= 0.6 is 0 Å².